The average molecular weight is 291 g/mol. The minimum Gasteiger partial charge on any atom is -0.390 e. The molecule has 0 spiro atoms. The molecule has 2 rings (SSSR count). The molecule has 0 saturated carbocycles. The highest BCUT2D eigenvalue weighted by atomic mass is 35.5. The molecule has 3 N–H and O–H groups in total. The van der Waals surface area contributed by atoms with Gasteiger partial charge < -0.3 is 10.4 Å². The highest BCUT2D eigenvalue weighted by molar-refractivity contribution is 7.89. The number of aliphatic hydroxyl groups is 1. The summed E-state index contributed by atoms with van der Waals surface area (Å²) in [6.07, 6.45) is -0.179. The lowest BCUT2D eigenvalue weighted by molar-refractivity contribution is 0.113. The highest BCUT2D eigenvalue weighted by Gasteiger charge is 2.28. The first-order valence-electron chi connectivity index (χ1n) is 5.66. The lowest BCUT2D eigenvalue weighted by atomic mass is 10.1. The lowest BCUT2D eigenvalue weighted by Crippen LogP contribution is -2.52. The lowest BCUT2D eigenvalue weighted by Gasteiger charge is -2.28. The van der Waals surface area contributed by atoms with Gasteiger partial charge in [0.15, 0.2) is 0 Å². The number of aliphatic hydroxyl groups excluding tert-OH is 1. The fourth-order valence-corrected chi connectivity index (χ4v) is 3.73. The van der Waals surface area contributed by atoms with Gasteiger partial charge in [-0.15, -0.1) is 0 Å². The molecular formula is C11H15ClN2O3S. The fourth-order valence-electron chi connectivity index (χ4n) is 1.91. The number of halogens is 1. The number of benzene rings is 1. The summed E-state index contributed by atoms with van der Waals surface area (Å²) < 4.78 is 26.8. The van der Waals surface area contributed by atoms with Crippen LogP contribution in [0.25, 0.3) is 0 Å². The molecule has 100 valence electrons. The van der Waals surface area contributed by atoms with Crippen LogP contribution >= 0.6 is 11.6 Å². The Balaban J connectivity index is 2.19. The van der Waals surface area contributed by atoms with Gasteiger partial charge in [0.1, 0.15) is 4.90 Å². The van der Waals surface area contributed by atoms with Crippen LogP contribution in [0.15, 0.2) is 29.2 Å². The van der Waals surface area contributed by atoms with Crippen molar-refractivity contribution in [1.82, 2.24) is 10.0 Å². The van der Waals surface area contributed by atoms with Crippen molar-refractivity contribution in [2.24, 2.45) is 0 Å². The molecule has 1 aromatic rings. The van der Waals surface area contributed by atoms with E-state index in [1.165, 1.54) is 12.1 Å². The van der Waals surface area contributed by atoms with Crippen molar-refractivity contribution < 1.29 is 13.5 Å². The van der Waals surface area contributed by atoms with Crippen LogP contribution in [-0.2, 0) is 10.0 Å². The van der Waals surface area contributed by atoms with Crippen molar-refractivity contribution in [3.05, 3.63) is 29.3 Å². The van der Waals surface area contributed by atoms with E-state index in [0.717, 1.165) is 0 Å². The third-order valence-electron chi connectivity index (χ3n) is 2.88. The number of piperidine rings is 1. The summed E-state index contributed by atoms with van der Waals surface area (Å²) in [7, 11) is -3.69. The molecule has 1 heterocycles. The summed E-state index contributed by atoms with van der Waals surface area (Å²) in [5, 5.41) is 12.9. The van der Waals surface area contributed by atoms with Crippen LogP contribution in [0.3, 0.4) is 0 Å². The second-order valence-corrected chi connectivity index (χ2v) is 6.31. The summed E-state index contributed by atoms with van der Waals surface area (Å²) in [4.78, 5) is 0.0393. The Bertz CT molecular complexity index is 521. The van der Waals surface area contributed by atoms with Crippen LogP contribution in [0.5, 0.6) is 0 Å². The Morgan fingerprint density at radius 1 is 1.39 bits per heavy atom. The Labute approximate surface area is 111 Å². The van der Waals surface area contributed by atoms with Gasteiger partial charge in [0, 0.05) is 6.54 Å². The molecular weight excluding hydrogens is 276 g/mol. The van der Waals surface area contributed by atoms with Gasteiger partial charge in [-0.25, -0.2) is 13.1 Å². The summed E-state index contributed by atoms with van der Waals surface area (Å²) in [6, 6.07) is 5.76. The largest absolute Gasteiger partial charge is 0.390 e. The Kier molecular flexibility index (Phi) is 4.24. The van der Waals surface area contributed by atoms with Crippen LogP contribution in [0, 0.1) is 0 Å². The molecule has 0 radical (unpaired) electrons. The third kappa shape index (κ3) is 3.02. The van der Waals surface area contributed by atoms with E-state index in [0.29, 0.717) is 19.5 Å². The van der Waals surface area contributed by atoms with E-state index < -0.39 is 22.2 Å². The second kappa shape index (κ2) is 5.54. The van der Waals surface area contributed by atoms with Crippen molar-refractivity contribution in [2.75, 3.05) is 13.1 Å². The van der Waals surface area contributed by atoms with Gasteiger partial charge >= 0.3 is 0 Å². The van der Waals surface area contributed by atoms with E-state index in [4.69, 9.17) is 11.6 Å². The van der Waals surface area contributed by atoms with Crippen molar-refractivity contribution in [1.29, 1.82) is 0 Å². The van der Waals surface area contributed by atoms with Crippen molar-refractivity contribution in [3.8, 4) is 0 Å². The highest BCUT2D eigenvalue weighted by Crippen LogP contribution is 2.21. The number of rotatable bonds is 3. The molecule has 0 aliphatic carbocycles. The SMILES string of the molecule is O=S(=O)(N[C@@H]1CCNC[C@H]1O)c1ccccc1Cl. The molecule has 0 unspecified atom stereocenters. The Morgan fingerprint density at radius 2 is 2.11 bits per heavy atom. The van der Waals surface area contributed by atoms with Gasteiger partial charge in [0.2, 0.25) is 10.0 Å². The molecule has 0 amide bonds. The standard InChI is InChI=1S/C11H15ClN2O3S/c12-8-3-1-2-4-11(8)18(16,17)14-9-5-6-13-7-10(9)15/h1-4,9-10,13-15H,5-7H2/t9-,10-/m1/s1. The van der Waals surface area contributed by atoms with Crippen LogP contribution in [0.2, 0.25) is 5.02 Å². The molecule has 7 heteroatoms. The Morgan fingerprint density at radius 3 is 2.78 bits per heavy atom. The van der Waals surface area contributed by atoms with E-state index in [1.54, 1.807) is 12.1 Å². The molecule has 1 aromatic carbocycles. The molecule has 1 aliphatic heterocycles. The first-order valence-corrected chi connectivity index (χ1v) is 7.52. The van der Waals surface area contributed by atoms with Gasteiger partial charge in [-0.05, 0) is 25.1 Å². The van der Waals surface area contributed by atoms with Crippen LogP contribution < -0.4 is 10.0 Å². The maximum atomic E-state index is 12.1. The van der Waals surface area contributed by atoms with Crippen LogP contribution in [0.1, 0.15) is 6.42 Å². The maximum absolute atomic E-state index is 12.1. The predicted molar refractivity (Wildman–Crippen MR) is 69.1 cm³/mol. The van der Waals surface area contributed by atoms with Crippen molar-refractivity contribution in [3.63, 3.8) is 0 Å². The average Bonchev–Trinajstić information content (AvgIpc) is 2.32. The number of hydrogen-bond donors (Lipinski definition) is 3. The number of sulfonamides is 1. The number of nitrogens with one attached hydrogen (secondary N) is 2. The molecule has 2 atom stereocenters. The fraction of sp³-hybridized carbons (Fsp3) is 0.455. The molecule has 5 nitrogen and oxygen atoms in total. The summed E-state index contributed by atoms with van der Waals surface area (Å²) in [5.41, 5.74) is 0. The van der Waals surface area contributed by atoms with E-state index >= 15 is 0 Å². The Hall–Kier alpha value is -0.660. The van der Waals surface area contributed by atoms with Gasteiger partial charge in [-0.1, -0.05) is 23.7 Å². The minimum atomic E-state index is -3.69. The van der Waals surface area contributed by atoms with Gasteiger partial charge in [0.25, 0.3) is 0 Å². The zero-order chi connectivity index (χ0) is 13.2. The first kappa shape index (κ1) is 13.8. The van der Waals surface area contributed by atoms with Crippen molar-refractivity contribution in [2.45, 2.75) is 23.5 Å². The zero-order valence-electron chi connectivity index (χ0n) is 9.64. The molecule has 18 heavy (non-hydrogen) atoms. The van der Waals surface area contributed by atoms with Gasteiger partial charge in [-0.2, -0.15) is 0 Å². The van der Waals surface area contributed by atoms with E-state index in [2.05, 4.69) is 10.0 Å². The summed E-state index contributed by atoms with van der Waals surface area (Å²) in [6.45, 7) is 1.06. The quantitative estimate of drug-likeness (QED) is 0.750. The normalized spacial score (nSPS) is 25.0. The second-order valence-electron chi connectivity index (χ2n) is 4.22. The smallest absolute Gasteiger partial charge is 0.242 e. The molecule has 1 saturated heterocycles. The van der Waals surface area contributed by atoms with Crippen LogP contribution in [-0.4, -0.2) is 38.8 Å². The van der Waals surface area contributed by atoms with E-state index in [1.807, 2.05) is 0 Å². The maximum Gasteiger partial charge on any atom is 0.242 e. The zero-order valence-corrected chi connectivity index (χ0v) is 11.2. The van der Waals surface area contributed by atoms with Crippen LogP contribution in [0.4, 0.5) is 0 Å². The molecule has 0 aromatic heterocycles. The van der Waals surface area contributed by atoms with E-state index in [-0.39, 0.29) is 9.92 Å². The molecule has 0 bridgehead atoms. The third-order valence-corrected chi connectivity index (χ3v) is 4.87. The number of hydrogen-bond acceptors (Lipinski definition) is 4. The predicted octanol–water partition coefficient (Wildman–Crippen LogP) is 0.341. The number of β-amino-alcohol motifs (C(OH)–C–C–N with tert-alkyl or cyclic N) is 1. The first-order chi connectivity index (χ1) is 8.50. The van der Waals surface area contributed by atoms with E-state index in [9.17, 15) is 13.5 Å². The monoisotopic (exact) mass is 290 g/mol. The molecule has 1 fully saturated rings. The summed E-state index contributed by atoms with van der Waals surface area (Å²) in [5.74, 6) is 0. The van der Waals surface area contributed by atoms with Gasteiger partial charge in [-0.3, -0.25) is 0 Å². The molecule has 1 aliphatic rings. The summed E-state index contributed by atoms with van der Waals surface area (Å²) >= 11 is 5.87. The minimum absolute atomic E-state index is 0.0393. The van der Waals surface area contributed by atoms with Crippen molar-refractivity contribution >= 4 is 21.6 Å². The topological polar surface area (TPSA) is 78.4 Å². The van der Waals surface area contributed by atoms with Gasteiger partial charge in [0.05, 0.1) is 17.2 Å².